The molecule has 2 aliphatic rings. The lowest BCUT2D eigenvalue weighted by Gasteiger charge is -2.40. The Bertz CT molecular complexity index is 775. The Morgan fingerprint density at radius 2 is 1.94 bits per heavy atom. The number of amides is 2. The van der Waals surface area contributed by atoms with E-state index in [2.05, 4.69) is 55.1 Å². The van der Waals surface area contributed by atoms with Crippen LogP contribution in [0.4, 0.5) is 4.79 Å². The smallest absolute Gasteiger partial charge is 0.406 e. The van der Waals surface area contributed by atoms with Crippen LogP contribution in [0, 0.1) is 11.3 Å². The first-order chi connectivity index (χ1) is 14.7. The Morgan fingerprint density at radius 1 is 1.23 bits per heavy atom. The van der Waals surface area contributed by atoms with Crippen molar-refractivity contribution in [3.05, 3.63) is 35.4 Å². The van der Waals surface area contributed by atoms with Crippen LogP contribution in [0.25, 0.3) is 0 Å². The van der Waals surface area contributed by atoms with Gasteiger partial charge >= 0.3 is 6.09 Å². The molecule has 1 aliphatic carbocycles. The first-order valence-corrected chi connectivity index (χ1v) is 11.9. The number of piperidine rings is 1. The molecule has 172 valence electrons. The molecule has 1 aromatic carbocycles. The summed E-state index contributed by atoms with van der Waals surface area (Å²) in [5.41, 5.74) is 3.46. The summed E-state index contributed by atoms with van der Waals surface area (Å²) in [5.74, 6) is 0.628. The van der Waals surface area contributed by atoms with Crippen molar-refractivity contribution in [2.75, 3.05) is 26.7 Å². The number of methoxy groups -OCH3 is 1. The number of rotatable bonds is 5. The number of carbonyl (C=O) groups is 2. The van der Waals surface area contributed by atoms with Gasteiger partial charge in [0.2, 0.25) is 5.91 Å². The lowest BCUT2D eigenvalue weighted by molar-refractivity contribution is -0.137. The van der Waals surface area contributed by atoms with Crippen LogP contribution in [0.2, 0.25) is 0 Å². The van der Waals surface area contributed by atoms with E-state index in [9.17, 15) is 9.59 Å². The van der Waals surface area contributed by atoms with Crippen LogP contribution in [-0.2, 0) is 14.9 Å². The minimum absolute atomic E-state index is 0.168. The normalized spacial score (nSPS) is 21.7. The van der Waals surface area contributed by atoms with Crippen LogP contribution in [0.3, 0.4) is 0 Å². The highest BCUT2D eigenvalue weighted by Crippen LogP contribution is 2.52. The van der Waals surface area contributed by atoms with Crippen molar-refractivity contribution in [1.29, 1.82) is 0 Å². The molecule has 2 atom stereocenters. The number of carbonyl (C=O) groups excluding carboxylic acids is 2. The molecule has 1 unspecified atom stereocenters. The summed E-state index contributed by atoms with van der Waals surface area (Å²) in [6.45, 7) is 10.8. The highest BCUT2D eigenvalue weighted by molar-refractivity contribution is 5.80. The fourth-order valence-electron chi connectivity index (χ4n) is 5.35. The molecule has 0 aromatic heterocycles. The van der Waals surface area contributed by atoms with Gasteiger partial charge in [0, 0.05) is 19.6 Å². The second kappa shape index (κ2) is 9.62. The zero-order valence-corrected chi connectivity index (χ0v) is 20.0. The predicted octanol–water partition coefficient (Wildman–Crippen LogP) is 5.24. The largest absolute Gasteiger partial charge is 0.453 e. The summed E-state index contributed by atoms with van der Waals surface area (Å²) in [6.07, 6.45) is 6.18. The predicted molar refractivity (Wildman–Crippen MR) is 124 cm³/mol. The first-order valence-electron chi connectivity index (χ1n) is 11.9. The molecular formula is C26H40N2O3. The van der Waals surface area contributed by atoms with E-state index in [1.165, 1.54) is 37.5 Å². The Hall–Kier alpha value is -2.04. The van der Waals surface area contributed by atoms with Gasteiger partial charge in [-0.15, -0.1) is 0 Å². The van der Waals surface area contributed by atoms with Gasteiger partial charge in [-0.05, 0) is 66.4 Å². The van der Waals surface area contributed by atoms with E-state index in [0.29, 0.717) is 17.9 Å². The first kappa shape index (κ1) is 23.6. The van der Waals surface area contributed by atoms with Gasteiger partial charge in [0.25, 0.3) is 0 Å². The quantitative estimate of drug-likeness (QED) is 0.697. The van der Waals surface area contributed by atoms with E-state index in [4.69, 9.17) is 0 Å². The van der Waals surface area contributed by atoms with E-state index in [1.54, 1.807) is 0 Å². The molecule has 2 fully saturated rings. The van der Waals surface area contributed by atoms with Gasteiger partial charge in [-0.25, -0.2) is 4.79 Å². The lowest BCUT2D eigenvalue weighted by Crippen LogP contribution is -2.47. The molecule has 5 nitrogen and oxygen atoms in total. The summed E-state index contributed by atoms with van der Waals surface area (Å²) in [7, 11) is 1.34. The van der Waals surface area contributed by atoms with Crippen molar-refractivity contribution in [2.45, 2.75) is 77.6 Å². The Labute approximate surface area is 187 Å². The molecule has 1 aliphatic heterocycles. The Morgan fingerprint density at radius 3 is 2.55 bits per heavy atom. The zero-order chi connectivity index (χ0) is 22.6. The van der Waals surface area contributed by atoms with Crippen LogP contribution >= 0.6 is 0 Å². The third-order valence-corrected chi connectivity index (χ3v) is 7.58. The Kier molecular flexibility index (Phi) is 7.33. The second-order valence-electron chi connectivity index (χ2n) is 10.6. The zero-order valence-electron chi connectivity index (χ0n) is 20.0. The van der Waals surface area contributed by atoms with Gasteiger partial charge in [-0.1, -0.05) is 52.0 Å². The minimum atomic E-state index is -0.476. The summed E-state index contributed by atoms with van der Waals surface area (Å²) in [4.78, 5) is 26.4. The van der Waals surface area contributed by atoms with Crippen molar-refractivity contribution in [3.8, 4) is 0 Å². The number of alkyl carbamates (subject to hydrolysis) is 1. The molecular weight excluding hydrogens is 388 g/mol. The molecule has 5 heteroatoms. The molecule has 1 aromatic rings. The number of hydrogen-bond donors (Lipinski definition) is 1. The van der Waals surface area contributed by atoms with Crippen LogP contribution in [0.5, 0.6) is 0 Å². The standard InChI is InChI=1S/C26H40N2O3/c1-6-19(18-27-24(30)31-5)23(29)28-14-12-26(13-15-28)11-10-21(17-26)20-8-7-9-22(16-20)25(2,3)4/h7-9,16,19,21H,6,10-15,17-18H2,1-5H3,(H,27,30)/t19-,21?/m1/s1. The molecule has 1 N–H and O–H groups in total. The minimum Gasteiger partial charge on any atom is -0.453 e. The van der Waals surface area contributed by atoms with Crippen molar-refractivity contribution < 1.29 is 14.3 Å². The van der Waals surface area contributed by atoms with Gasteiger partial charge in [0.05, 0.1) is 13.0 Å². The number of nitrogens with zero attached hydrogens (tertiary/aromatic N) is 1. The van der Waals surface area contributed by atoms with Crippen LogP contribution in [-0.4, -0.2) is 43.6 Å². The molecule has 0 radical (unpaired) electrons. The SMILES string of the molecule is CC[C@H](CNC(=O)OC)C(=O)N1CCC2(CCC(c3cccc(C(C)(C)C)c3)C2)CC1. The highest BCUT2D eigenvalue weighted by atomic mass is 16.5. The fraction of sp³-hybridized carbons (Fsp3) is 0.692. The van der Waals surface area contributed by atoms with Crippen molar-refractivity contribution in [3.63, 3.8) is 0 Å². The van der Waals surface area contributed by atoms with Crippen molar-refractivity contribution in [1.82, 2.24) is 10.2 Å². The van der Waals surface area contributed by atoms with Crippen LogP contribution in [0.15, 0.2) is 24.3 Å². The van der Waals surface area contributed by atoms with E-state index in [1.807, 2.05) is 11.8 Å². The second-order valence-corrected chi connectivity index (χ2v) is 10.6. The molecule has 1 spiro atoms. The molecule has 31 heavy (non-hydrogen) atoms. The van der Waals surface area contributed by atoms with Crippen LogP contribution < -0.4 is 5.32 Å². The summed E-state index contributed by atoms with van der Waals surface area (Å²) >= 11 is 0. The maximum atomic E-state index is 13.0. The molecule has 0 bridgehead atoms. The molecule has 1 saturated heterocycles. The van der Waals surface area contributed by atoms with Crippen molar-refractivity contribution >= 4 is 12.0 Å². The number of ether oxygens (including phenoxy) is 1. The summed E-state index contributed by atoms with van der Waals surface area (Å²) < 4.78 is 4.63. The van der Waals surface area contributed by atoms with Gasteiger partial charge in [0.15, 0.2) is 0 Å². The van der Waals surface area contributed by atoms with E-state index in [0.717, 1.165) is 32.4 Å². The summed E-state index contributed by atoms with van der Waals surface area (Å²) in [6, 6.07) is 9.19. The topological polar surface area (TPSA) is 58.6 Å². The number of hydrogen-bond acceptors (Lipinski definition) is 3. The molecule has 1 heterocycles. The number of nitrogens with one attached hydrogen (secondary N) is 1. The fourth-order valence-corrected chi connectivity index (χ4v) is 5.35. The van der Waals surface area contributed by atoms with E-state index < -0.39 is 6.09 Å². The molecule has 2 amide bonds. The van der Waals surface area contributed by atoms with Crippen LogP contribution in [0.1, 0.15) is 83.3 Å². The lowest BCUT2D eigenvalue weighted by atomic mass is 9.75. The maximum absolute atomic E-state index is 13.0. The van der Waals surface area contributed by atoms with Gasteiger partial charge in [-0.2, -0.15) is 0 Å². The number of benzene rings is 1. The van der Waals surface area contributed by atoms with E-state index in [-0.39, 0.29) is 17.2 Å². The Balaban J connectivity index is 1.57. The van der Waals surface area contributed by atoms with E-state index >= 15 is 0 Å². The number of likely N-dealkylation sites (tertiary alicyclic amines) is 1. The third kappa shape index (κ3) is 5.61. The average molecular weight is 429 g/mol. The van der Waals surface area contributed by atoms with Crippen molar-refractivity contribution in [2.24, 2.45) is 11.3 Å². The highest BCUT2D eigenvalue weighted by Gasteiger charge is 2.43. The molecule has 3 rings (SSSR count). The van der Waals surface area contributed by atoms with Gasteiger partial charge < -0.3 is 15.0 Å². The van der Waals surface area contributed by atoms with Gasteiger partial charge in [-0.3, -0.25) is 4.79 Å². The maximum Gasteiger partial charge on any atom is 0.406 e. The summed E-state index contributed by atoms with van der Waals surface area (Å²) in [5, 5.41) is 2.68. The average Bonchev–Trinajstić information content (AvgIpc) is 3.17. The van der Waals surface area contributed by atoms with Gasteiger partial charge in [0.1, 0.15) is 0 Å². The third-order valence-electron chi connectivity index (χ3n) is 7.58. The monoisotopic (exact) mass is 428 g/mol. The molecule has 1 saturated carbocycles.